The molecule has 5 nitrogen and oxygen atoms in total. The number of thioether (sulfide) groups is 1. The van der Waals surface area contributed by atoms with E-state index in [0.29, 0.717) is 10.1 Å². The van der Waals surface area contributed by atoms with E-state index < -0.39 is 24.3 Å². The van der Waals surface area contributed by atoms with Crippen molar-refractivity contribution in [2.75, 3.05) is 12.4 Å². The molecule has 0 aliphatic carbocycles. The molecule has 0 aromatic carbocycles. The van der Waals surface area contributed by atoms with Gasteiger partial charge in [-0.2, -0.15) is 5.26 Å². The topological polar surface area (TPSA) is 91.0 Å². The Bertz CT molecular complexity index is 580. The number of ether oxygens (including phenoxy) is 1. The molecule has 1 N–H and O–H groups in total. The van der Waals surface area contributed by atoms with E-state index >= 15 is 0 Å². The van der Waals surface area contributed by atoms with Gasteiger partial charge in [0, 0.05) is 16.3 Å². The lowest BCUT2D eigenvalue weighted by atomic mass is 10.0. The molecule has 8 heteroatoms. The fraction of sp³-hybridized carbons (Fsp3) is 0.385. The highest BCUT2D eigenvalue weighted by atomic mass is 35.5. The number of Topliss-reactive ketones (excluding diaryl/α,β-unsaturated/α-hetero) is 1. The quantitative estimate of drug-likeness (QED) is 0.578. The summed E-state index contributed by atoms with van der Waals surface area (Å²) in [6, 6.07) is 5.39. The number of rotatable bonds is 8. The lowest BCUT2D eigenvalue weighted by molar-refractivity contribution is -0.145. The van der Waals surface area contributed by atoms with Crippen molar-refractivity contribution in [1.29, 1.82) is 10.7 Å². The zero-order chi connectivity index (χ0) is 15.8. The van der Waals surface area contributed by atoms with Crippen molar-refractivity contribution in [3.8, 4) is 6.07 Å². The Kier molecular flexibility index (Phi) is 7.43. The van der Waals surface area contributed by atoms with Crippen LogP contribution in [-0.2, 0) is 20.1 Å². The molecule has 0 amide bonds. The Hall–Kier alpha value is -1.36. The monoisotopic (exact) mass is 344 g/mol. The fourth-order valence-electron chi connectivity index (χ4n) is 1.35. The van der Waals surface area contributed by atoms with E-state index in [2.05, 4.69) is 0 Å². The summed E-state index contributed by atoms with van der Waals surface area (Å²) in [5.41, 5.74) is -0.0532. The molecule has 0 spiro atoms. The van der Waals surface area contributed by atoms with Gasteiger partial charge < -0.3 is 10.1 Å². The number of halogens is 1. The van der Waals surface area contributed by atoms with Crippen LogP contribution in [0.25, 0.3) is 0 Å². The van der Waals surface area contributed by atoms with Crippen molar-refractivity contribution >= 4 is 52.2 Å². The smallest absolute Gasteiger partial charge is 0.316 e. The Morgan fingerprint density at radius 2 is 2.29 bits per heavy atom. The lowest BCUT2D eigenvalue weighted by Crippen LogP contribution is -2.26. The summed E-state index contributed by atoms with van der Waals surface area (Å²) < 4.78 is 5.50. The van der Waals surface area contributed by atoms with Gasteiger partial charge in [-0.3, -0.25) is 9.59 Å². The zero-order valence-electron chi connectivity index (χ0n) is 11.2. The normalized spacial score (nSPS) is 11.5. The van der Waals surface area contributed by atoms with E-state index in [0.717, 1.165) is 4.88 Å². The van der Waals surface area contributed by atoms with Gasteiger partial charge in [-0.1, -0.05) is 11.6 Å². The average Bonchev–Trinajstić information content (AvgIpc) is 2.82. The summed E-state index contributed by atoms with van der Waals surface area (Å²) in [4.78, 5) is 24.1. The van der Waals surface area contributed by atoms with E-state index in [9.17, 15) is 9.59 Å². The second-order valence-corrected chi connectivity index (χ2v) is 6.86. The lowest BCUT2D eigenvalue weighted by Gasteiger charge is -2.07. The second-order valence-electron chi connectivity index (χ2n) is 4.07. The third-order valence-corrected chi connectivity index (χ3v) is 4.72. The van der Waals surface area contributed by atoms with Crippen LogP contribution in [-0.4, -0.2) is 29.8 Å². The van der Waals surface area contributed by atoms with Gasteiger partial charge in [-0.05, 0) is 19.1 Å². The first kappa shape index (κ1) is 17.7. The summed E-state index contributed by atoms with van der Waals surface area (Å²) in [6.07, 6.45) is 0. The molecular formula is C13H13ClN2O3S2. The van der Waals surface area contributed by atoms with Gasteiger partial charge in [-0.15, -0.1) is 23.1 Å². The molecule has 1 unspecified atom stereocenters. The van der Waals surface area contributed by atoms with E-state index in [-0.39, 0.29) is 11.5 Å². The van der Waals surface area contributed by atoms with Gasteiger partial charge in [0.25, 0.3) is 0 Å². The molecule has 0 radical (unpaired) electrons. The molecule has 0 bridgehead atoms. The molecule has 0 saturated carbocycles. The number of nitrogens with one attached hydrogen (secondary N) is 1. The Balaban J connectivity index is 2.26. The van der Waals surface area contributed by atoms with Crippen molar-refractivity contribution in [3.63, 3.8) is 0 Å². The van der Waals surface area contributed by atoms with Gasteiger partial charge in [0.1, 0.15) is 5.92 Å². The highest BCUT2D eigenvalue weighted by Crippen LogP contribution is 2.25. The predicted molar refractivity (Wildman–Crippen MR) is 84.0 cm³/mol. The summed E-state index contributed by atoms with van der Waals surface area (Å²) in [5.74, 6) is -1.48. The van der Waals surface area contributed by atoms with Crippen LogP contribution in [0.3, 0.4) is 0 Å². The molecular weight excluding hydrogens is 332 g/mol. The van der Waals surface area contributed by atoms with Gasteiger partial charge in [0.15, 0.2) is 12.4 Å². The van der Waals surface area contributed by atoms with Crippen LogP contribution in [0.4, 0.5) is 0 Å². The molecule has 112 valence electrons. The van der Waals surface area contributed by atoms with E-state index in [1.54, 1.807) is 12.1 Å². The first-order chi connectivity index (χ1) is 9.93. The molecule has 0 aliphatic heterocycles. The number of hydrogen-bond donors (Lipinski definition) is 1. The molecule has 1 atom stereocenters. The number of hydrogen-bond acceptors (Lipinski definition) is 7. The van der Waals surface area contributed by atoms with Crippen LogP contribution in [0.1, 0.15) is 11.8 Å². The number of carbonyl (C=O) groups is 2. The molecule has 0 aliphatic rings. The SMILES string of the molecule is CC(=N)C(C#N)C(=O)COC(=O)CSCc1ccc(Cl)s1. The number of esters is 1. The number of ketones is 1. The van der Waals surface area contributed by atoms with Crippen molar-refractivity contribution in [1.82, 2.24) is 0 Å². The highest BCUT2D eigenvalue weighted by Gasteiger charge is 2.21. The first-order valence-corrected chi connectivity index (χ1v) is 8.24. The van der Waals surface area contributed by atoms with Crippen LogP contribution >= 0.6 is 34.7 Å². The molecule has 1 aromatic heterocycles. The average molecular weight is 345 g/mol. The molecule has 1 aromatic rings. The van der Waals surface area contributed by atoms with Crippen LogP contribution in [0.2, 0.25) is 4.34 Å². The van der Waals surface area contributed by atoms with E-state index in [1.807, 2.05) is 6.07 Å². The standard InChI is InChI=1S/C13H13ClN2O3S2/c1-8(16)10(4-15)11(17)5-19-13(18)7-20-6-9-2-3-12(14)21-9/h2-3,10,16H,5-7H2,1H3. The summed E-state index contributed by atoms with van der Waals surface area (Å²) in [5, 5.41) is 16.0. The van der Waals surface area contributed by atoms with Gasteiger partial charge in [-0.25, -0.2) is 0 Å². The van der Waals surface area contributed by atoms with Crippen LogP contribution in [0.5, 0.6) is 0 Å². The zero-order valence-corrected chi connectivity index (χ0v) is 13.6. The minimum absolute atomic E-state index is 0.0532. The minimum Gasteiger partial charge on any atom is -0.457 e. The van der Waals surface area contributed by atoms with Gasteiger partial charge in [0.05, 0.1) is 16.2 Å². The van der Waals surface area contributed by atoms with E-state index in [1.165, 1.54) is 30.0 Å². The maximum Gasteiger partial charge on any atom is 0.316 e. The van der Waals surface area contributed by atoms with Crippen molar-refractivity contribution in [2.24, 2.45) is 5.92 Å². The maximum absolute atomic E-state index is 11.6. The first-order valence-electron chi connectivity index (χ1n) is 5.89. The van der Waals surface area contributed by atoms with E-state index in [4.69, 9.17) is 27.0 Å². The third-order valence-electron chi connectivity index (χ3n) is 2.35. The van der Waals surface area contributed by atoms with Gasteiger partial charge in [0.2, 0.25) is 0 Å². The molecule has 1 heterocycles. The third kappa shape index (κ3) is 6.29. The Morgan fingerprint density at radius 1 is 1.57 bits per heavy atom. The number of nitriles is 1. The largest absolute Gasteiger partial charge is 0.457 e. The molecule has 0 saturated heterocycles. The molecule has 21 heavy (non-hydrogen) atoms. The van der Waals surface area contributed by atoms with Crippen molar-refractivity contribution in [3.05, 3.63) is 21.3 Å². The summed E-state index contributed by atoms with van der Waals surface area (Å²) >= 11 is 8.60. The molecule has 0 fully saturated rings. The number of nitrogens with zero attached hydrogens (tertiary/aromatic N) is 1. The maximum atomic E-state index is 11.6. The number of carbonyl (C=O) groups excluding carboxylic acids is 2. The predicted octanol–water partition coefficient (Wildman–Crippen LogP) is 2.93. The number of thiophene rings is 1. The summed E-state index contributed by atoms with van der Waals surface area (Å²) in [6.45, 7) is 0.897. The summed E-state index contributed by atoms with van der Waals surface area (Å²) in [7, 11) is 0. The fourth-order valence-corrected chi connectivity index (χ4v) is 3.37. The Labute approximate surface area is 135 Å². The molecule has 1 rings (SSSR count). The Morgan fingerprint density at radius 3 is 2.81 bits per heavy atom. The highest BCUT2D eigenvalue weighted by molar-refractivity contribution is 7.99. The van der Waals surface area contributed by atoms with Crippen molar-refractivity contribution < 1.29 is 14.3 Å². The van der Waals surface area contributed by atoms with Crippen LogP contribution < -0.4 is 0 Å². The van der Waals surface area contributed by atoms with Crippen LogP contribution in [0, 0.1) is 22.7 Å². The second kappa shape index (κ2) is 8.82. The minimum atomic E-state index is -1.14. The van der Waals surface area contributed by atoms with Crippen LogP contribution in [0.15, 0.2) is 12.1 Å². The van der Waals surface area contributed by atoms with Crippen molar-refractivity contribution in [2.45, 2.75) is 12.7 Å². The van der Waals surface area contributed by atoms with Gasteiger partial charge >= 0.3 is 5.97 Å².